The Bertz CT molecular complexity index is 350. The molecular formula is C17H30N2O. The van der Waals surface area contributed by atoms with Crippen molar-refractivity contribution in [3.8, 4) is 0 Å². The lowest BCUT2D eigenvalue weighted by Crippen LogP contribution is -2.40. The number of hydrogen-bond acceptors (Lipinski definition) is 3. The van der Waals surface area contributed by atoms with Crippen LogP contribution >= 0.6 is 0 Å². The van der Waals surface area contributed by atoms with E-state index in [1.165, 1.54) is 45.2 Å². The largest absolute Gasteiger partial charge is 0.468 e. The van der Waals surface area contributed by atoms with Crippen LogP contribution in [0.4, 0.5) is 0 Å². The van der Waals surface area contributed by atoms with E-state index in [0.29, 0.717) is 6.04 Å². The summed E-state index contributed by atoms with van der Waals surface area (Å²) >= 11 is 0. The molecule has 114 valence electrons. The van der Waals surface area contributed by atoms with Crippen molar-refractivity contribution in [2.24, 2.45) is 5.92 Å². The van der Waals surface area contributed by atoms with Gasteiger partial charge in [-0.25, -0.2) is 0 Å². The van der Waals surface area contributed by atoms with E-state index in [0.717, 1.165) is 24.8 Å². The monoisotopic (exact) mass is 278 g/mol. The van der Waals surface area contributed by atoms with Gasteiger partial charge in [-0.2, -0.15) is 0 Å². The van der Waals surface area contributed by atoms with Crippen LogP contribution in [0.5, 0.6) is 0 Å². The Kier molecular flexibility index (Phi) is 6.61. The molecule has 0 radical (unpaired) electrons. The smallest absolute Gasteiger partial charge is 0.117 e. The zero-order valence-electron chi connectivity index (χ0n) is 13.1. The Morgan fingerprint density at radius 3 is 3.05 bits per heavy atom. The molecule has 0 aliphatic carbocycles. The van der Waals surface area contributed by atoms with Gasteiger partial charge in [0.05, 0.1) is 12.8 Å². The average molecular weight is 278 g/mol. The third-order valence-electron chi connectivity index (χ3n) is 4.52. The summed E-state index contributed by atoms with van der Waals surface area (Å²) in [4.78, 5) is 2.66. The first-order valence-electron chi connectivity index (χ1n) is 8.26. The highest BCUT2D eigenvalue weighted by atomic mass is 16.3. The van der Waals surface area contributed by atoms with Crippen molar-refractivity contribution in [1.82, 2.24) is 10.2 Å². The number of nitrogens with one attached hydrogen (secondary N) is 1. The van der Waals surface area contributed by atoms with E-state index in [9.17, 15) is 0 Å². The average Bonchev–Trinajstić information content (AvgIpc) is 2.84. The number of furan rings is 1. The molecule has 3 heteroatoms. The molecule has 0 amide bonds. The first-order chi connectivity index (χ1) is 9.79. The SMILES string of the molecule is CCCC1CCCN(C(C)CNCc2ccco2)CC1. The molecule has 2 heterocycles. The molecule has 1 aliphatic heterocycles. The lowest BCUT2D eigenvalue weighted by atomic mass is 9.96. The highest BCUT2D eigenvalue weighted by Crippen LogP contribution is 2.22. The molecule has 2 atom stereocenters. The van der Waals surface area contributed by atoms with Crippen LogP contribution in [0, 0.1) is 5.92 Å². The molecule has 1 saturated heterocycles. The summed E-state index contributed by atoms with van der Waals surface area (Å²) in [6.07, 6.45) is 8.67. The summed E-state index contributed by atoms with van der Waals surface area (Å²) in [5.41, 5.74) is 0. The fourth-order valence-corrected chi connectivity index (χ4v) is 3.27. The van der Waals surface area contributed by atoms with Gasteiger partial charge in [0.1, 0.15) is 5.76 Å². The Morgan fingerprint density at radius 1 is 1.40 bits per heavy atom. The van der Waals surface area contributed by atoms with E-state index in [2.05, 4.69) is 24.1 Å². The summed E-state index contributed by atoms with van der Waals surface area (Å²) in [6, 6.07) is 4.59. The molecular weight excluding hydrogens is 248 g/mol. The predicted octanol–water partition coefficient (Wildman–Crippen LogP) is 3.66. The molecule has 2 rings (SSSR count). The second-order valence-electron chi connectivity index (χ2n) is 6.18. The summed E-state index contributed by atoms with van der Waals surface area (Å²) in [6.45, 7) is 9.07. The summed E-state index contributed by atoms with van der Waals surface area (Å²) < 4.78 is 5.35. The second-order valence-corrected chi connectivity index (χ2v) is 6.18. The molecule has 1 N–H and O–H groups in total. The van der Waals surface area contributed by atoms with E-state index >= 15 is 0 Å². The van der Waals surface area contributed by atoms with Gasteiger partial charge >= 0.3 is 0 Å². The van der Waals surface area contributed by atoms with Crippen molar-refractivity contribution < 1.29 is 4.42 Å². The predicted molar refractivity (Wildman–Crippen MR) is 83.7 cm³/mol. The van der Waals surface area contributed by atoms with E-state index in [1.807, 2.05) is 12.1 Å². The normalized spacial score (nSPS) is 22.6. The topological polar surface area (TPSA) is 28.4 Å². The van der Waals surface area contributed by atoms with Crippen LogP contribution in [0.1, 0.15) is 51.7 Å². The number of hydrogen-bond donors (Lipinski definition) is 1. The molecule has 3 nitrogen and oxygen atoms in total. The Hall–Kier alpha value is -0.800. The van der Waals surface area contributed by atoms with E-state index in [1.54, 1.807) is 6.26 Å². The molecule has 0 bridgehead atoms. The molecule has 1 aromatic rings. The molecule has 0 spiro atoms. The van der Waals surface area contributed by atoms with Gasteiger partial charge in [0.25, 0.3) is 0 Å². The molecule has 0 saturated carbocycles. The van der Waals surface area contributed by atoms with Crippen LogP contribution in [0.15, 0.2) is 22.8 Å². The molecule has 1 aromatic heterocycles. The van der Waals surface area contributed by atoms with Crippen molar-refractivity contribution in [2.75, 3.05) is 19.6 Å². The molecule has 2 unspecified atom stereocenters. The lowest BCUT2D eigenvalue weighted by Gasteiger charge is -2.28. The molecule has 0 aromatic carbocycles. The van der Waals surface area contributed by atoms with Crippen molar-refractivity contribution >= 4 is 0 Å². The van der Waals surface area contributed by atoms with Gasteiger partial charge in [-0.3, -0.25) is 4.90 Å². The van der Waals surface area contributed by atoms with E-state index in [-0.39, 0.29) is 0 Å². The summed E-state index contributed by atoms with van der Waals surface area (Å²) in [7, 11) is 0. The van der Waals surface area contributed by atoms with Crippen LogP contribution in [0.3, 0.4) is 0 Å². The number of rotatable bonds is 7. The second kappa shape index (κ2) is 8.48. The van der Waals surface area contributed by atoms with Gasteiger partial charge in [0, 0.05) is 12.6 Å². The highest BCUT2D eigenvalue weighted by Gasteiger charge is 2.19. The van der Waals surface area contributed by atoms with Crippen molar-refractivity contribution in [2.45, 2.75) is 58.5 Å². The maximum atomic E-state index is 5.35. The zero-order valence-corrected chi connectivity index (χ0v) is 13.1. The fourth-order valence-electron chi connectivity index (χ4n) is 3.27. The molecule has 1 fully saturated rings. The third-order valence-corrected chi connectivity index (χ3v) is 4.52. The quantitative estimate of drug-likeness (QED) is 0.825. The van der Waals surface area contributed by atoms with Crippen LogP contribution in [-0.4, -0.2) is 30.6 Å². The standard InChI is InChI=1S/C17H30N2O/c1-3-6-16-7-4-10-19(11-9-16)15(2)13-18-14-17-8-5-12-20-17/h5,8,12,15-16,18H,3-4,6-7,9-11,13-14H2,1-2H3. The van der Waals surface area contributed by atoms with Gasteiger partial charge < -0.3 is 9.73 Å². The Labute approximate surface area is 123 Å². The van der Waals surface area contributed by atoms with E-state index < -0.39 is 0 Å². The van der Waals surface area contributed by atoms with Crippen LogP contribution in [0.2, 0.25) is 0 Å². The fraction of sp³-hybridized carbons (Fsp3) is 0.765. The van der Waals surface area contributed by atoms with Gasteiger partial charge in [-0.05, 0) is 57.3 Å². The van der Waals surface area contributed by atoms with Gasteiger partial charge in [-0.1, -0.05) is 19.8 Å². The molecule has 20 heavy (non-hydrogen) atoms. The summed E-state index contributed by atoms with van der Waals surface area (Å²) in [5, 5.41) is 3.51. The van der Waals surface area contributed by atoms with Gasteiger partial charge in [0.15, 0.2) is 0 Å². The van der Waals surface area contributed by atoms with Gasteiger partial charge in [-0.15, -0.1) is 0 Å². The lowest BCUT2D eigenvalue weighted by molar-refractivity contribution is 0.207. The zero-order chi connectivity index (χ0) is 14.2. The minimum absolute atomic E-state index is 0.616. The van der Waals surface area contributed by atoms with Crippen LogP contribution < -0.4 is 5.32 Å². The third kappa shape index (κ3) is 4.95. The minimum atomic E-state index is 0.616. The maximum absolute atomic E-state index is 5.35. The van der Waals surface area contributed by atoms with Crippen molar-refractivity contribution in [3.05, 3.63) is 24.2 Å². The van der Waals surface area contributed by atoms with Crippen LogP contribution in [0.25, 0.3) is 0 Å². The van der Waals surface area contributed by atoms with Crippen LogP contribution in [-0.2, 0) is 6.54 Å². The highest BCUT2D eigenvalue weighted by molar-refractivity contribution is 4.97. The van der Waals surface area contributed by atoms with Crippen molar-refractivity contribution in [3.63, 3.8) is 0 Å². The first-order valence-corrected chi connectivity index (χ1v) is 8.26. The number of nitrogens with zero attached hydrogens (tertiary/aromatic N) is 1. The Morgan fingerprint density at radius 2 is 2.30 bits per heavy atom. The number of likely N-dealkylation sites (tertiary alicyclic amines) is 1. The minimum Gasteiger partial charge on any atom is -0.468 e. The summed E-state index contributed by atoms with van der Waals surface area (Å²) in [5.74, 6) is 1.99. The van der Waals surface area contributed by atoms with Crippen molar-refractivity contribution in [1.29, 1.82) is 0 Å². The maximum Gasteiger partial charge on any atom is 0.117 e. The molecule has 1 aliphatic rings. The van der Waals surface area contributed by atoms with E-state index in [4.69, 9.17) is 4.42 Å². The Balaban J connectivity index is 1.67. The first kappa shape index (κ1) is 15.6. The van der Waals surface area contributed by atoms with Gasteiger partial charge in [0.2, 0.25) is 0 Å².